The third kappa shape index (κ3) is 7.14. The largest absolute Gasteiger partial charge is 0.371 e. The van der Waals surface area contributed by atoms with E-state index in [1.165, 1.54) is 5.69 Å². The molecule has 1 aliphatic rings. The maximum Gasteiger partial charge on any atom is 0.191 e. The number of guanidine groups is 1. The van der Waals surface area contributed by atoms with Crippen LogP contribution in [0.5, 0.6) is 0 Å². The van der Waals surface area contributed by atoms with Crippen LogP contribution >= 0.6 is 24.0 Å². The lowest BCUT2D eigenvalue weighted by molar-refractivity contribution is 0.462. The molecule has 1 aromatic carbocycles. The maximum atomic E-state index is 12.2. The van der Waals surface area contributed by atoms with Crippen molar-refractivity contribution >= 4 is 45.5 Å². The second-order valence-electron chi connectivity index (χ2n) is 7.67. The van der Waals surface area contributed by atoms with Gasteiger partial charge in [0.15, 0.2) is 15.8 Å². The first-order valence-electron chi connectivity index (χ1n) is 9.22. The Kier molecular flexibility index (Phi) is 9.33. The number of piperidine rings is 1. The number of nitrogens with one attached hydrogen (secondary N) is 2. The van der Waals surface area contributed by atoms with Crippen LogP contribution in [0.15, 0.2) is 35.3 Å². The Morgan fingerprint density at radius 3 is 2.30 bits per heavy atom. The smallest absolute Gasteiger partial charge is 0.191 e. The van der Waals surface area contributed by atoms with E-state index in [0.29, 0.717) is 18.5 Å². The van der Waals surface area contributed by atoms with Gasteiger partial charge >= 0.3 is 0 Å². The first-order chi connectivity index (χ1) is 12.2. The molecule has 0 spiro atoms. The van der Waals surface area contributed by atoms with Crippen molar-refractivity contribution in [1.82, 2.24) is 10.6 Å². The van der Waals surface area contributed by atoms with Crippen LogP contribution in [0.2, 0.25) is 0 Å². The molecule has 1 aliphatic heterocycles. The van der Waals surface area contributed by atoms with E-state index in [1.807, 2.05) is 6.07 Å². The summed E-state index contributed by atoms with van der Waals surface area (Å²) in [4.78, 5) is 6.62. The number of hydrogen-bond donors (Lipinski definition) is 2. The lowest BCUT2D eigenvalue weighted by atomic mass is 10.0. The average molecular weight is 508 g/mol. The minimum atomic E-state index is -3.12. The van der Waals surface area contributed by atoms with Crippen LogP contribution in [0.4, 0.5) is 5.69 Å². The highest BCUT2D eigenvalue weighted by Gasteiger charge is 2.28. The summed E-state index contributed by atoms with van der Waals surface area (Å²) >= 11 is 0. The molecular formula is C19H33IN4O2S. The lowest BCUT2D eigenvalue weighted by Gasteiger charge is -2.34. The molecule has 1 fully saturated rings. The van der Waals surface area contributed by atoms with Gasteiger partial charge in [-0.25, -0.2) is 8.42 Å². The predicted octanol–water partition coefficient (Wildman–Crippen LogP) is 2.65. The van der Waals surface area contributed by atoms with Gasteiger partial charge in [0.2, 0.25) is 0 Å². The molecule has 1 saturated heterocycles. The van der Waals surface area contributed by atoms with E-state index in [9.17, 15) is 8.42 Å². The molecule has 1 heterocycles. The summed E-state index contributed by atoms with van der Waals surface area (Å²) in [5, 5.41) is 6.55. The van der Waals surface area contributed by atoms with Gasteiger partial charge < -0.3 is 15.5 Å². The van der Waals surface area contributed by atoms with Gasteiger partial charge in [-0.3, -0.25) is 4.99 Å². The monoisotopic (exact) mass is 508 g/mol. The third-order valence-electron chi connectivity index (χ3n) is 4.78. The zero-order chi connectivity index (χ0) is 19.2. The van der Waals surface area contributed by atoms with Crippen LogP contribution in [0.3, 0.4) is 0 Å². The highest BCUT2D eigenvalue weighted by Crippen LogP contribution is 2.19. The van der Waals surface area contributed by atoms with Crippen molar-refractivity contribution in [3.63, 3.8) is 0 Å². The number of sulfone groups is 1. The number of benzene rings is 1. The Bertz CT molecular complexity index is 694. The molecule has 0 aliphatic carbocycles. The maximum absolute atomic E-state index is 12.2. The first-order valence-corrected chi connectivity index (χ1v) is 10.9. The van der Waals surface area contributed by atoms with Crippen molar-refractivity contribution in [2.24, 2.45) is 4.99 Å². The molecule has 154 valence electrons. The number of anilines is 1. The molecule has 2 rings (SSSR count). The van der Waals surface area contributed by atoms with Crippen LogP contribution in [0, 0.1) is 0 Å². The van der Waals surface area contributed by atoms with E-state index >= 15 is 0 Å². The number of hydrogen-bond acceptors (Lipinski definition) is 4. The van der Waals surface area contributed by atoms with Crippen molar-refractivity contribution in [2.75, 3.05) is 37.3 Å². The fourth-order valence-corrected chi connectivity index (χ4v) is 3.90. The normalized spacial score (nSPS) is 16.6. The van der Waals surface area contributed by atoms with Crippen LogP contribution in [-0.4, -0.2) is 57.6 Å². The molecule has 0 saturated carbocycles. The van der Waals surface area contributed by atoms with Gasteiger partial charge in [0.25, 0.3) is 0 Å². The van der Waals surface area contributed by atoms with E-state index in [0.717, 1.165) is 25.9 Å². The van der Waals surface area contributed by atoms with Gasteiger partial charge in [0.05, 0.1) is 10.5 Å². The highest BCUT2D eigenvalue weighted by molar-refractivity contribution is 14.0. The molecule has 0 unspecified atom stereocenters. The molecule has 27 heavy (non-hydrogen) atoms. The summed E-state index contributed by atoms with van der Waals surface area (Å²) in [7, 11) is -1.41. The fourth-order valence-electron chi connectivity index (χ4n) is 2.92. The standard InChI is InChI=1S/C19H32N4O2S.HI/c1-19(2,3)26(24,25)15-12-21-18(20-4)22-16-10-13-23(14-11-16)17-8-6-5-7-9-17;/h5-9,16H,10-15H2,1-4H3,(H2,20,21,22);1H. The Labute approximate surface area is 181 Å². The number of nitrogens with zero attached hydrogens (tertiary/aromatic N) is 2. The van der Waals surface area contributed by atoms with Gasteiger partial charge in [-0.05, 0) is 45.7 Å². The van der Waals surface area contributed by atoms with E-state index in [2.05, 4.69) is 44.8 Å². The minimum absolute atomic E-state index is 0. The summed E-state index contributed by atoms with van der Waals surface area (Å²) in [5.41, 5.74) is 1.26. The number of para-hydroxylation sites is 1. The van der Waals surface area contributed by atoms with Gasteiger partial charge in [0.1, 0.15) is 0 Å². The Morgan fingerprint density at radius 1 is 1.19 bits per heavy atom. The molecule has 1 aromatic rings. The molecule has 0 aromatic heterocycles. The Hall–Kier alpha value is -1.03. The molecule has 0 atom stereocenters. The van der Waals surface area contributed by atoms with E-state index in [4.69, 9.17) is 0 Å². The summed E-state index contributed by atoms with van der Waals surface area (Å²) in [6, 6.07) is 10.8. The van der Waals surface area contributed by atoms with Crippen molar-refractivity contribution in [3.8, 4) is 0 Å². The number of halogens is 1. The van der Waals surface area contributed by atoms with E-state index in [-0.39, 0.29) is 29.7 Å². The highest BCUT2D eigenvalue weighted by atomic mass is 127. The number of rotatable bonds is 5. The average Bonchev–Trinajstić information content (AvgIpc) is 2.61. The summed E-state index contributed by atoms with van der Waals surface area (Å²) in [6.07, 6.45) is 2.05. The zero-order valence-corrected chi connectivity index (χ0v) is 19.9. The molecule has 8 heteroatoms. The molecule has 2 N–H and O–H groups in total. The van der Waals surface area contributed by atoms with E-state index < -0.39 is 14.6 Å². The fraction of sp³-hybridized carbons (Fsp3) is 0.632. The van der Waals surface area contributed by atoms with E-state index in [1.54, 1.807) is 27.8 Å². The molecule has 0 radical (unpaired) electrons. The van der Waals surface area contributed by atoms with Gasteiger partial charge in [0, 0.05) is 38.4 Å². The van der Waals surface area contributed by atoms with Crippen molar-refractivity contribution in [3.05, 3.63) is 30.3 Å². The van der Waals surface area contributed by atoms with Crippen LogP contribution < -0.4 is 15.5 Å². The molecule has 0 bridgehead atoms. The van der Waals surface area contributed by atoms with Gasteiger partial charge in [-0.2, -0.15) is 0 Å². The first kappa shape index (κ1) is 24.0. The van der Waals surface area contributed by atoms with Gasteiger partial charge in [-0.1, -0.05) is 18.2 Å². The van der Waals surface area contributed by atoms with Gasteiger partial charge in [-0.15, -0.1) is 24.0 Å². The lowest BCUT2D eigenvalue weighted by Crippen LogP contribution is -2.49. The number of aliphatic imine (C=N–C) groups is 1. The second-order valence-corrected chi connectivity index (χ2v) is 10.5. The Balaban J connectivity index is 0.00000364. The third-order valence-corrected chi connectivity index (χ3v) is 7.38. The SMILES string of the molecule is CN=C(NCCS(=O)(=O)C(C)(C)C)NC1CCN(c2ccccc2)CC1.I. The molecule has 0 amide bonds. The summed E-state index contributed by atoms with van der Waals surface area (Å²) < 4.78 is 23.6. The second kappa shape index (κ2) is 10.5. The van der Waals surface area contributed by atoms with Crippen LogP contribution in [0.25, 0.3) is 0 Å². The Morgan fingerprint density at radius 2 is 1.78 bits per heavy atom. The topological polar surface area (TPSA) is 73.8 Å². The van der Waals surface area contributed by atoms with Crippen LogP contribution in [0.1, 0.15) is 33.6 Å². The zero-order valence-electron chi connectivity index (χ0n) is 16.7. The summed E-state index contributed by atoms with van der Waals surface area (Å²) in [5.74, 6) is 0.774. The predicted molar refractivity (Wildman–Crippen MR) is 125 cm³/mol. The van der Waals surface area contributed by atoms with Crippen molar-refractivity contribution in [1.29, 1.82) is 0 Å². The molecule has 6 nitrogen and oxygen atoms in total. The molecular weight excluding hydrogens is 475 g/mol. The quantitative estimate of drug-likeness (QED) is 0.364. The van der Waals surface area contributed by atoms with Crippen LogP contribution in [-0.2, 0) is 9.84 Å². The van der Waals surface area contributed by atoms with Crippen molar-refractivity contribution < 1.29 is 8.42 Å². The summed E-state index contributed by atoms with van der Waals surface area (Å²) in [6.45, 7) is 7.55. The minimum Gasteiger partial charge on any atom is -0.371 e. The van der Waals surface area contributed by atoms with Crippen molar-refractivity contribution in [2.45, 2.75) is 44.4 Å².